The van der Waals surface area contributed by atoms with Crippen LogP contribution in [-0.2, 0) is 14.8 Å². The van der Waals surface area contributed by atoms with Crippen LogP contribution in [0.25, 0.3) is 0 Å². The molecule has 1 N–H and O–H groups in total. The predicted octanol–water partition coefficient (Wildman–Crippen LogP) is 2.83. The quantitative estimate of drug-likeness (QED) is 0.846. The van der Waals surface area contributed by atoms with Crippen molar-refractivity contribution in [3.63, 3.8) is 0 Å². The van der Waals surface area contributed by atoms with E-state index in [1.165, 1.54) is 12.1 Å². The van der Waals surface area contributed by atoms with Crippen molar-refractivity contribution in [2.24, 2.45) is 5.92 Å². The molecule has 1 amide bonds. The number of ether oxygens (including phenoxy) is 1. The number of nitrogens with zero attached hydrogens (tertiary/aromatic N) is 1. The van der Waals surface area contributed by atoms with E-state index in [9.17, 15) is 13.2 Å². The molecule has 0 unspecified atom stereocenters. The van der Waals surface area contributed by atoms with Crippen molar-refractivity contribution in [2.75, 3.05) is 7.11 Å². The summed E-state index contributed by atoms with van der Waals surface area (Å²) >= 11 is 5.87. The Balaban J connectivity index is 1.74. The third-order valence-electron chi connectivity index (χ3n) is 4.27. The number of amides is 1. The number of carbonyl (C=O) groups excluding carboxylic acids is 1. The minimum absolute atomic E-state index is 0.0149. The average Bonchev–Trinajstić information content (AvgIpc) is 3.42. The van der Waals surface area contributed by atoms with Crippen LogP contribution < -0.4 is 9.46 Å². The predicted molar refractivity (Wildman–Crippen MR) is 95.3 cm³/mol. The van der Waals surface area contributed by atoms with E-state index in [1.54, 1.807) is 13.2 Å². The van der Waals surface area contributed by atoms with Crippen LogP contribution in [0.5, 0.6) is 5.75 Å². The molecule has 2 atom stereocenters. The third-order valence-corrected chi connectivity index (χ3v) is 5.93. The number of para-hydroxylation sites is 1. The summed E-state index contributed by atoms with van der Waals surface area (Å²) in [5, 5.41) is 8.87. The lowest BCUT2D eigenvalue weighted by Crippen LogP contribution is -2.32. The standard InChI is InChI=1S/C18H15ClN2O4S/c1-25-17-5-3-2-4-13(17)14-9-15(14)18(22)21-26(23,24)12-7-6-11(10-20)16(19)8-12/h2-8,14-15H,9H2,1H3,(H,21,22)/t14-,15-/m0/s1. The van der Waals surface area contributed by atoms with Crippen molar-refractivity contribution in [3.05, 3.63) is 58.6 Å². The van der Waals surface area contributed by atoms with Crippen LogP contribution in [0.2, 0.25) is 5.02 Å². The van der Waals surface area contributed by atoms with Gasteiger partial charge in [-0.1, -0.05) is 29.8 Å². The van der Waals surface area contributed by atoms with Crippen molar-refractivity contribution in [2.45, 2.75) is 17.2 Å². The molecule has 134 valence electrons. The van der Waals surface area contributed by atoms with Gasteiger partial charge >= 0.3 is 0 Å². The Morgan fingerprint density at radius 3 is 2.69 bits per heavy atom. The number of nitriles is 1. The van der Waals surface area contributed by atoms with Crippen LogP contribution in [0.1, 0.15) is 23.5 Å². The number of benzene rings is 2. The van der Waals surface area contributed by atoms with Gasteiger partial charge in [-0.25, -0.2) is 13.1 Å². The number of halogens is 1. The molecule has 0 bridgehead atoms. The Kier molecular flexibility index (Phi) is 4.90. The summed E-state index contributed by atoms with van der Waals surface area (Å²) in [6.07, 6.45) is 0.551. The highest BCUT2D eigenvalue weighted by Crippen LogP contribution is 2.50. The molecule has 1 aliphatic carbocycles. The summed E-state index contributed by atoms with van der Waals surface area (Å²) in [7, 11) is -2.51. The Morgan fingerprint density at radius 1 is 1.31 bits per heavy atom. The first-order chi connectivity index (χ1) is 12.4. The maximum atomic E-state index is 12.4. The summed E-state index contributed by atoms with van der Waals surface area (Å²) in [4.78, 5) is 12.2. The smallest absolute Gasteiger partial charge is 0.264 e. The molecule has 1 fully saturated rings. The first-order valence-electron chi connectivity index (χ1n) is 7.76. The van der Waals surface area contributed by atoms with Crippen LogP contribution in [0, 0.1) is 17.2 Å². The van der Waals surface area contributed by atoms with E-state index in [-0.39, 0.29) is 21.4 Å². The number of rotatable bonds is 5. The van der Waals surface area contributed by atoms with Crippen molar-refractivity contribution < 1.29 is 17.9 Å². The van der Waals surface area contributed by atoms with E-state index in [4.69, 9.17) is 21.6 Å². The van der Waals surface area contributed by atoms with Gasteiger partial charge in [0, 0.05) is 5.92 Å². The molecular weight excluding hydrogens is 376 g/mol. The minimum atomic E-state index is -4.06. The highest BCUT2D eigenvalue weighted by Gasteiger charge is 2.46. The molecule has 1 aliphatic rings. The summed E-state index contributed by atoms with van der Waals surface area (Å²) < 4.78 is 32.2. The van der Waals surface area contributed by atoms with E-state index in [0.29, 0.717) is 12.2 Å². The Hall–Kier alpha value is -2.56. The van der Waals surface area contributed by atoms with E-state index >= 15 is 0 Å². The molecule has 0 aliphatic heterocycles. The second-order valence-corrected chi connectivity index (χ2v) is 8.00. The van der Waals surface area contributed by atoms with Gasteiger partial charge in [0.25, 0.3) is 10.0 Å². The van der Waals surface area contributed by atoms with Gasteiger partial charge in [0.05, 0.1) is 22.6 Å². The van der Waals surface area contributed by atoms with Gasteiger partial charge in [-0.2, -0.15) is 5.26 Å². The van der Waals surface area contributed by atoms with Crippen LogP contribution in [0.3, 0.4) is 0 Å². The summed E-state index contributed by atoms with van der Waals surface area (Å²) in [6, 6.07) is 12.9. The highest BCUT2D eigenvalue weighted by molar-refractivity contribution is 7.90. The molecule has 8 heteroatoms. The second-order valence-electron chi connectivity index (χ2n) is 5.91. The minimum Gasteiger partial charge on any atom is -0.496 e. The van der Waals surface area contributed by atoms with Gasteiger partial charge in [-0.15, -0.1) is 0 Å². The second kappa shape index (κ2) is 6.98. The molecule has 2 aromatic rings. The molecule has 0 radical (unpaired) electrons. The van der Waals surface area contributed by atoms with Crippen LogP contribution in [-0.4, -0.2) is 21.4 Å². The summed E-state index contributed by atoms with van der Waals surface area (Å²) in [5.74, 6) is -0.406. The largest absolute Gasteiger partial charge is 0.496 e. The molecule has 0 spiro atoms. The van der Waals surface area contributed by atoms with Gasteiger partial charge < -0.3 is 4.74 Å². The van der Waals surface area contributed by atoms with E-state index in [2.05, 4.69) is 4.72 Å². The fraction of sp³-hybridized carbons (Fsp3) is 0.222. The number of sulfonamides is 1. The zero-order valence-electron chi connectivity index (χ0n) is 13.8. The fourth-order valence-electron chi connectivity index (χ4n) is 2.82. The number of carbonyl (C=O) groups is 1. The van der Waals surface area contributed by atoms with Gasteiger partial charge in [-0.05, 0) is 42.2 Å². The van der Waals surface area contributed by atoms with Gasteiger partial charge in [0.1, 0.15) is 11.8 Å². The fourth-order valence-corrected chi connectivity index (χ4v) is 4.16. The van der Waals surface area contributed by atoms with E-state index in [1.807, 2.05) is 24.3 Å². The van der Waals surface area contributed by atoms with Gasteiger partial charge in [0.15, 0.2) is 0 Å². The van der Waals surface area contributed by atoms with Crippen LogP contribution >= 0.6 is 11.6 Å². The van der Waals surface area contributed by atoms with Gasteiger partial charge in [0.2, 0.25) is 5.91 Å². The van der Waals surface area contributed by atoms with E-state index < -0.39 is 21.8 Å². The summed E-state index contributed by atoms with van der Waals surface area (Å²) in [5.41, 5.74) is 1.05. The van der Waals surface area contributed by atoms with Crippen molar-refractivity contribution in [1.29, 1.82) is 5.26 Å². The molecule has 3 rings (SSSR count). The first kappa shape index (κ1) is 18.2. The zero-order valence-corrected chi connectivity index (χ0v) is 15.3. The number of hydrogen-bond donors (Lipinski definition) is 1. The lowest BCUT2D eigenvalue weighted by atomic mass is 10.1. The van der Waals surface area contributed by atoms with E-state index in [0.717, 1.165) is 11.6 Å². The van der Waals surface area contributed by atoms with Crippen LogP contribution in [0.4, 0.5) is 0 Å². The number of methoxy groups -OCH3 is 1. The Morgan fingerprint density at radius 2 is 2.04 bits per heavy atom. The molecule has 2 aromatic carbocycles. The summed E-state index contributed by atoms with van der Waals surface area (Å²) in [6.45, 7) is 0. The van der Waals surface area contributed by atoms with Crippen molar-refractivity contribution in [3.8, 4) is 11.8 Å². The maximum absolute atomic E-state index is 12.4. The normalized spacial score (nSPS) is 18.7. The lowest BCUT2D eigenvalue weighted by molar-refractivity contribution is -0.120. The molecule has 0 heterocycles. The average molecular weight is 391 g/mol. The monoisotopic (exact) mass is 390 g/mol. The molecule has 1 saturated carbocycles. The molecular formula is C18H15ClN2O4S. The van der Waals surface area contributed by atoms with Gasteiger partial charge in [-0.3, -0.25) is 4.79 Å². The van der Waals surface area contributed by atoms with Crippen molar-refractivity contribution in [1.82, 2.24) is 4.72 Å². The third kappa shape index (κ3) is 3.52. The van der Waals surface area contributed by atoms with Crippen LogP contribution in [0.15, 0.2) is 47.4 Å². The molecule has 0 aromatic heterocycles. The SMILES string of the molecule is COc1ccccc1[C@@H]1C[C@@H]1C(=O)NS(=O)(=O)c1ccc(C#N)c(Cl)c1. The molecule has 26 heavy (non-hydrogen) atoms. The highest BCUT2D eigenvalue weighted by atomic mass is 35.5. The lowest BCUT2D eigenvalue weighted by Gasteiger charge is -2.09. The zero-order chi connectivity index (χ0) is 18.9. The number of nitrogens with one attached hydrogen (secondary N) is 1. The maximum Gasteiger partial charge on any atom is 0.264 e. The molecule has 6 nitrogen and oxygen atoms in total. The first-order valence-corrected chi connectivity index (χ1v) is 9.62. The molecule has 0 saturated heterocycles. The topological polar surface area (TPSA) is 96.3 Å². The number of hydrogen-bond acceptors (Lipinski definition) is 5. The Bertz CT molecular complexity index is 1010. The Labute approximate surface area is 156 Å². The van der Waals surface area contributed by atoms with Crippen molar-refractivity contribution >= 4 is 27.5 Å².